The summed E-state index contributed by atoms with van der Waals surface area (Å²) in [7, 11) is -1.55. The van der Waals surface area contributed by atoms with Gasteiger partial charge in [-0.2, -0.15) is 0 Å². The fourth-order valence-electron chi connectivity index (χ4n) is 1.00. The molecule has 0 aromatic rings. The fourth-order valence-corrected chi connectivity index (χ4v) is 2.50. The quantitative estimate of drug-likeness (QED) is 0.451. The lowest BCUT2D eigenvalue weighted by atomic mass is 10.2. The first-order valence-corrected chi connectivity index (χ1v) is 10.2. The van der Waals surface area contributed by atoms with Gasteiger partial charge in [0.2, 0.25) is 0 Å². The minimum atomic E-state index is -1.55. The van der Waals surface area contributed by atoms with Gasteiger partial charge < -0.3 is 4.43 Å². The van der Waals surface area contributed by atoms with E-state index < -0.39 is 8.32 Å². The molecule has 0 rings (SSSR count). The van der Waals surface area contributed by atoms with Crippen molar-refractivity contribution in [3.05, 3.63) is 9.66 Å². The Hall–Kier alpha value is 0.647. The van der Waals surface area contributed by atoms with Crippen molar-refractivity contribution in [2.45, 2.75) is 65.1 Å². The largest absolute Gasteiger partial charge is 0.413 e. The van der Waals surface area contributed by atoms with E-state index in [0.717, 1.165) is 6.61 Å². The van der Waals surface area contributed by atoms with Crippen LogP contribution in [0.25, 0.3) is 0 Å². The molecule has 0 radical (unpaired) electrons. The summed E-state index contributed by atoms with van der Waals surface area (Å²) in [5.74, 6) is 0. The van der Waals surface area contributed by atoms with E-state index in [1.165, 1.54) is 22.8 Å². The lowest BCUT2D eigenvalue weighted by Gasteiger charge is -2.35. The first-order valence-electron chi connectivity index (χ1n) is 6.19. The minimum absolute atomic E-state index is 0.315. The van der Waals surface area contributed by atoms with Crippen LogP contribution in [0.3, 0.4) is 0 Å². The standard InChI is InChI=1S/C13H27IOSi/c1-7-8-9-12(14)10-11-15-16(5,6)13(2,3)4/h10H,7-9,11H2,1-6H3/b12-10-. The van der Waals surface area contributed by atoms with Crippen LogP contribution in [0.1, 0.15) is 47.0 Å². The van der Waals surface area contributed by atoms with E-state index in [1.807, 2.05) is 0 Å². The summed E-state index contributed by atoms with van der Waals surface area (Å²) in [5, 5.41) is 0.315. The predicted molar refractivity (Wildman–Crippen MR) is 84.8 cm³/mol. The Morgan fingerprint density at radius 2 is 1.88 bits per heavy atom. The number of rotatable bonds is 6. The summed E-state index contributed by atoms with van der Waals surface area (Å²) in [5.41, 5.74) is 0. The van der Waals surface area contributed by atoms with Crippen LogP contribution in [0.4, 0.5) is 0 Å². The molecule has 0 spiro atoms. The monoisotopic (exact) mass is 354 g/mol. The van der Waals surface area contributed by atoms with Gasteiger partial charge in [-0.3, -0.25) is 0 Å². The Labute approximate surface area is 116 Å². The van der Waals surface area contributed by atoms with Crippen molar-refractivity contribution in [3.63, 3.8) is 0 Å². The van der Waals surface area contributed by atoms with Gasteiger partial charge in [-0.25, -0.2) is 0 Å². The average molecular weight is 354 g/mol. The number of unbranched alkanes of at least 4 members (excludes halogenated alkanes) is 1. The van der Waals surface area contributed by atoms with Gasteiger partial charge in [0.15, 0.2) is 8.32 Å². The molecule has 0 amide bonds. The van der Waals surface area contributed by atoms with Crippen molar-refractivity contribution in [2.75, 3.05) is 6.61 Å². The van der Waals surface area contributed by atoms with E-state index in [0.29, 0.717) is 5.04 Å². The lowest BCUT2D eigenvalue weighted by molar-refractivity contribution is 0.327. The third kappa shape index (κ3) is 6.40. The molecule has 0 aliphatic carbocycles. The SMILES string of the molecule is CCCC/C(I)=C/CO[Si](C)(C)C(C)(C)C. The van der Waals surface area contributed by atoms with E-state index in [4.69, 9.17) is 4.43 Å². The maximum atomic E-state index is 6.10. The summed E-state index contributed by atoms with van der Waals surface area (Å²) < 4.78 is 7.54. The molecule has 0 aliphatic rings. The molecule has 0 fully saturated rings. The van der Waals surface area contributed by atoms with E-state index in [9.17, 15) is 0 Å². The van der Waals surface area contributed by atoms with Gasteiger partial charge in [-0.15, -0.1) is 0 Å². The predicted octanol–water partition coefficient (Wildman–Crippen LogP) is 5.52. The Kier molecular flexibility index (Phi) is 7.45. The molecule has 0 bridgehead atoms. The van der Waals surface area contributed by atoms with Crippen molar-refractivity contribution < 1.29 is 4.43 Å². The topological polar surface area (TPSA) is 9.23 Å². The Morgan fingerprint density at radius 1 is 1.31 bits per heavy atom. The van der Waals surface area contributed by atoms with Gasteiger partial charge in [0.25, 0.3) is 0 Å². The van der Waals surface area contributed by atoms with E-state index in [-0.39, 0.29) is 0 Å². The molecule has 0 saturated carbocycles. The highest BCUT2D eigenvalue weighted by Gasteiger charge is 2.36. The first kappa shape index (κ1) is 16.6. The minimum Gasteiger partial charge on any atom is -0.413 e. The third-order valence-electron chi connectivity index (χ3n) is 3.32. The van der Waals surface area contributed by atoms with Gasteiger partial charge in [0.05, 0.1) is 6.61 Å². The molecule has 0 aliphatic heterocycles. The number of halogens is 1. The maximum Gasteiger partial charge on any atom is 0.192 e. The van der Waals surface area contributed by atoms with Crippen LogP contribution in [-0.4, -0.2) is 14.9 Å². The third-order valence-corrected chi connectivity index (χ3v) is 8.80. The molecular formula is C13H27IOSi. The zero-order valence-corrected chi connectivity index (χ0v) is 14.8. The Balaban J connectivity index is 4.06. The van der Waals surface area contributed by atoms with Crippen molar-refractivity contribution in [1.82, 2.24) is 0 Å². The van der Waals surface area contributed by atoms with Crippen LogP contribution in [0.5, 0.6) is 0 Å². The molecule has 0 atom stereocenters. The van der Waals surface area contributed by atoms with Crippen molar-refractivity contribution in [1.29, 1.82) is 0 Å². The molecule has 1 nitrogen and oxygen atoms in total. The highest BCUT2D eigenvalue weighted by Crippen LogP contribution is 2.36. The van der Waals surface area contributed by atoms with Gasteiger partial charge in [-0.1, -0.05) is 40.2 Å². The first-order chi connectivity index (χ1) is 7.20. The zero-order valence-electron chi connectivity index (χ0n) is 11.7. The second kappa shape index (κ2) is 7.16. The normalized spacial score (nSPS) is 14.3. The lowest BCUT2D eigenvalue weighted by Crippen LogP contribution is -2.40. The van der Waals surface area contributed by atoms with Crippen molar-refractivity contribution >= 4 is 30.9 Å². The van der Waals surface area contributed by atoms with Crippen LogP contribution >= 0.6 is 22.6 Å². The highest BCUT2D eigenvalue weighted by atomic mass is 127. The smallest absolute Gasteiger partial charge is 0.192 e. The number of hydrogen-bond acceptors (Lipinski definition) is 1. The van der Waals surface area contributed by atoms with Crippen LogP contribution < -0.4 is 0 Å². The fraction of sp³-hybridized carbons (Fsp3) is 0.846. The van der Waals surface area contributed by atoms with E-state index in [1.54, 1.807) is 0 Å². The summed E-state index contributed by atoms with van der Waals surface area (Å²) >= 11 is 2.43. The summed E-state index contributed by atoms with van der Waals surface area (Å²) in [6, 6.07) is 0. The van der Waals surface area contributed by atoms with Gasteiger partial charge >= 0.3 is 0 Å². The van der Waals surface area contributed by atoms with Crippen LogP contribution in [0.2, 0.25) is 18.1 Å². The molecule has 0 unspecified atom stereocenters. The summed E-state index contributed by atoms with van der Waals surface area (Å²) in [6.45, 7) is 14.5. The molecule has 0 N–H and O–H groups in total. The van der Waals surface area contributed by atoms with Crippen LogP contribution in [0.15, 0.2) is 9.66 Å². The summed E-state index contributed by atoms with van der Waals surface area (Å²) in [6.07, 6.45) is 6.01. The number of hydrogen-bond donors (Lipinski definition) is 0. The van der Waals surface area contributed by atoms with Gasteiger partial charge in [0, 0.05) is 0 Å². The molecular weight excluding hydrogens is 327 g/mol. The molecule has 0 aromatic carbocycles. The molecule has 0 saturated heterocycles. The van der Waals surface area contributed by atoms with Crippen molar-refractivity contribution in [3.8, 4) is 0 Å². The van der Waals surface area contributed by atoms with Gasteiger partial charge in [0.1, 0.15) is 0 Å². The molecule has 0 heterocycles. The molecule has 3 heteroatoms. The zero-order chi connectivity index (χ0) is 12.8. The van der Waals surface area contributed by atoms with Crippen molar-refractivity contribution in [2.24, 2.45) is 0 Å². The second-order valence-electron chi connectivity index (χ2n) is 5.83. The molecule has 16 heavy (non-hydrogen) atoms. The molecule has 0 aromatic heterocycles. The molecule has 96 valence electrons. The average Bonchev–Trinajstić information content (AvgIpc) is 2.12. The Morgan fingerprint density at radius 3 is 2.31 bits per heavy atom. The second-order valence-corrected chi connectivity index (χ2v) is 12.0. The van der Waals surface area contributed by atoms with E-state index in [2.05, 4.69) is 69.5 Å². The summed E-state index contributed by atoms with van der Waals surface area (Å²) in [4.78, 5) is 0. The highest BCUT2D eigenvalue weighted by molar-refractivity contribution is 14.1. The Bertz CT molecular complexity index is 229. The van der Waals surface area contributed by atoms with Crippen LogP contribution in [0, 0.1) is 0 Å². The van der Waals surface area contributed by atoms with E-state index >= 15 is 0 Å². The van der Waals surface area contributed by atoms with Gasteiger partial charge in [-0.05, 0) is 57.1 Å². The maximum absolute atomic E-state index is 6.10. The number of allylic oxidation sites excluding steroid dienone is 1. The van der Waals surface area contributed by atoms with Crippen LogP contribution in [-0.2, 0) is 4.43 Å².